The molecule has 1 N–H and O–H groups in total. The second kappa shape index (κ2) is 8.49. The van der Waals surface area contributed by atoms with Crippen LogP contribution in [-0.2, 0) is 0 Å². The summed E-state index contributed by atoms with van der Waals surface area (Å²) >= 11 is 1.95. The zero-order valence-corrected chi connectivity index (χ0v) is 12.8. The molecule has 0 bridgehead atoms. The van der Waals surface area contributed by atoms with Crippen molar-refractivity contribution in [2.75, 3.05) is 36.5 Å². The smallest absolute Gasteiger partial charge is 0.0366 e. The van der Waals surface area contributed by atoms with Gasteiger partial charge in [0.1, 0.15) is 0 Å². The Balaban J connectivity index is 1.63. The van der Waals surface area contributed by atoms with Gasteiger partial charge >= 0.3 is 0 Å². The fourth-order valence-corrected chi connectivity index (χ4v) is 3.15. The van der Waals surface area contributed by atoms with Gasteiger partial charge in [0, 0.05) is 24.8 Å². The van der Waals surface area contributed by atoms with Crippen LogP contribution in [0.5, 0.6) is 0 Å². The summed E-state index contributed by atoms with van der Waals surface area (Å²) in [5.74, 6) is 1.30. The summed E-state index contributed by atoms with van der Waals surface area (Å²) < 4.78 is 0. The predicted octanol–water partition coefficient (Wildman–Crippen LogP) is 3.39. The normalized spacial score (nSPS) is 16.8. The Bertz CT molecular complexity index is 334. The number of anilines is 1. The molecule has 0 aromatic heterocycles. The molecule has 0 aliphatic carbocycles. The van der Waals surface area contributed by atoms with Crippen molar-refractivity contribution < 1.29 is 0 Å². The van der Waals surface area contributed by atoms with Crippen LogP contribution in [0, 0.1) is 0 Å². The fourth-order valence-electron chi connectivity index (χ4n) is 2.66. The number of unbranched alkanes of at least 4 members (excludes halogenated alkanes) is 1. The average molecular weight is 278 g/mol. The summed E-state index contributed by atoms with van der Waals surface area (Å²) in [5.41, 5.74) is 1.38. The van der Waals surface area contributed by atoms with E-state index in [-0.39, 0.29) is 0 Å². The zero-order valence-electron chi connectivity index (χ0n) is 12.0. The Morgan fingerprint density at radius 1 is 1.16 bits per heavy atom. The van der Waals surface area contributed by atoms with Crippen LogP contribution in [0.15, 0.2) is 30.3 Å². The van der Waals surface area contributed by atoms with E-state index in [0.29, 0.717) is 0 Å². The monoisotopic (exact) mass is 278 g/mol. The number of hydrogen-bond acceptors (Lipinski definition) is 3. The summed E-state index contributed by atoms with van der Waals surface area (Å²) in [6, 6.07) is 11.5. The van der Waals surface area contributed by atoms with E-state index in [0.717, 1.165) is 6.04 Å². The van der Waals surface area contributed by atoms with Gasteiger partial charge in [-0.25, -0.2) is 0 Å². The molecule has 0 unspecified atom stereocenters. The highest BCUT2D eigenvalue weighted by molar-refractivity contribution is 7.98. The molecule has 0 amide bonds. The van der Waals surface area contributed by atoms with Crippen molar-refractivity contribution in [3.05, 3.63) is 30.3 Å². The average Bonchev–Trinajstić information content (AvgIpc) is 2.49. The highest BCUT2D eigenvalue weighted by Gasteiger charge is 2.18. The van der Waals surface area contributed by atoms with Crippen LogP contribution >= 0.6 is 11.8 Å². The lowest BCUT2D eigenvalue weighted by atomic mass is 10.0. The van der Waals surface area contributed by atoms with Crippen molar-refractivity contribution >= 4 is 17.4 Å². The van der Waals surface area contributed by atoms with Gasteiger partial charge in [-0.2, -0.15) is 11.8 Å². The lowest BCUT2D eigenvalue weighted by Crippen LogP contribution is -2.42. The molecule has 19 heavy (non-hydrogen) atoms. The standard InChI is InChI=1S/C16H26N2S/c1-19-14-6-5-11-17-15-9-12-18(13-10-15)16-7-3-2-4-8-16/h2-4,7-8,15,17H,5-6,9-14H2,1H3. The highest BCUT2D eigenvalue weighted by atomic mass is 32.2. The summed E-state index contributed by atoms with van der Waals surface area (Å²) in [4.78, 5) is 2.51. The minimum atomic E-state index is 0.731. The first-order chi connectivity index (χ1) is 9.40. The lowest BCUT2D eigenvalue weighted by Gasteiger charge is -2.34. The van der Waals surface area contributed by atoms with Gasteiger partial charge in [-0.15, -0.1) is 0 Å². The SMILES string of the molecule is CSCCCCNC1CCN(c2ccccc2)CC1. The van der Waals surface area contributed by atoms with Gasteiger partial charge in [0.2, 0.25) is 0 Å². The first-order valence-electron chi connectivity index (χ1n) is 7.42. The van der Waals surface area contributed by atoms with Gasteiger partial charge < -0.3 is 10.2 Å². The molecule has 3 heteroatoms. The number of rotatable bonds is 7. The van der Waals surface area contributed by atoms with E-state index in [2.05, 4.69) is 46.8 Å². The first-order valence-corrected chi connectivity index (χ1v) is 8.82. The van der Waals surface area contributed by atoms with Crippen LogP contribution in [0.3, 0.4) is 0 Å². The summed E-state index contributed by atoms with van der Waals surface area (Å²) in [6.07, 6.45) is 7.40. The molecule has 1 aromatic rings. The quantitative estimate of drug-likeness (QED) is 0.770. The number of thioether (sulfide) groups is 1. The first kappa shape index (κ1) is 14.7. The minimum Gasteiger partial charge on any atom is -0.371 e. The van der Waals surface area contributed by atoms with Gasteiger partial charge in [0.25, 0.3) is 0 Å². The molecule has 0 spiro atoms. The van der Waals surface area contributed by atoms with Crippen LogP contribution in [-0.4, -0.2) is 37.7 Å². The third-order valence-electron chi connectivity index (χ3n) is 3.82. The largest absolute Gasteiger partial charge is 0.371 e. The number of para-hydroxylation sites is 1. The van der Waals surface area contributed by atoms with E-state index >= 15 is 0 Å². The Kier molecular flexibility index (Phi) is 6.58. The number of benzene rings is 1. The molecule has 0 saturated carbocycles. The topological polar surface area (TPSA) is 15.3 Å². The maximum Gasteiger partial charge on any atom is 0.0366 e. The third-order valence-corrected chi connectivity index (χ3v) is 4.52. The van der Waals surface area contributed by atoms with E-state index in [1.165, 1.54) is 56.8 Å². The van der Waals surface area contributed by atoms with E-state index in [1.807, 2.05) is 11.8 Å². The van der Waals surface area contributed by atoms with Gasteiger partial charge in [-0.05, 0) is 56.4 Å². The van der Waals surface area contributed by atoms with Gasteiger partial charge in [-0.3, -0.25) is 0 Å². The Labute approximate surface area is 122 Å². The zero-order chi connectivity index (χ0) is 13.3. The van der Waals surface area contributed by atoms with E-state index in [1.54, 1.807) is 0 Å². The molecule has 1 aliphatic heterocycles. The number of piperidine rings is 1. The Morgan fingerprint density at radius 3 is 2.58 bits per heavy atom. The van der Waals surface area contributed by atoms with Gasteiger partial charge in [0.15, 0.2) is 0 Å². The molecule has 0 radical (unpaired) electrons. The number of hydrogen-bond donors (Lipinski definition) is 1. The van der Waals surface area contributed by atoms with Crippen LogP contribution < -0.4 is 10.2 Å². The van der Waals surface area contributed by atoms with Crippen molar-refractivity contribution in [3.8, 4) is 0 Å². The van der Waals surface area contributed by atoms with Crippen LogP contribution in [0.4, 0.5) is 5.69 Å². The number of nitrogens with zero attached hydrogens (tertiary/aromatic N) is 1. The molecular formula is C16H26N2S. The third kappa shape index (κ3) is 5.07. The molecule has 1 aliphatic rings. The van der Waals surface area contributed by atoms with Crippen molar-refractivity contribution in [2.45, 2.75) is 31.7 Å². The van der Waals surface area contributed by atoms with Gasteiger partial charge in [-0.1, -0.05) is 18.2 Å². The molecule has 1 fully saturated rings. The molecule has 0 atom stereocenters. The Hall–Kier alpha value is -0.670. The minimum absolute atomic E-state index is 0.731. The molecule has 1 aromatic carbocycles. The van der Waals surface area contributed by atoms with Crippen molar-refractivity contribution in [2.24, 2.45) is 0 Å². The van der Waals surface area contributed by atoms with E-state index in [4.69, 9.17) is 0 Å². The molecule has 2 nitrogen and oxygen atoms in total. The maximum absolute atomic E-state index is 3.72. The van der Waals surface area contributed by atoms with Gasteiger partial charge in [0.05, 0.1) is 0 Å². The fraction of sp³-hybridized carbons (Fsp3) is 0.625. The molecule has 106 valence electrons. The predicted molar refractivity (Wildman–Crippen MR) is 87.3 cm³/mol. The second-order valence-corrected chi connectivity index (χ2v) is 6.24. The summed E-state index contributed by atoms with van der Waals surface area (Å²) in [5, 5.41) is 3.72. The van der Waals surface area contributed by atoms with E-state index < -0.39 is 0 Å². The van der Waals surface area contributed by atoms with Crippen LogP contribution in [0.25, 0.3) is 0 Å². The lowest BCUT2D eigenvalue weighted by molar-refractivity contribution is 0.412. The molecule has 1 heterocycles. The second-order valence-electron chi connectivity index (χ2n) is 5.25. The number of nitrogens with one attached hydrogen (secondary N) is 1. The molecular weight excluding hydrogens is 252 g/mol. The summed E-state index contributed by atoms with van der Waals surface area (Å²) in [7, 11) is 0. The van der Waals surface area contributed by atoms with Crippen LogP contribution in [0.1, 0.15) is 25.7 Å². The van der Waals surface area contributed by atoms with Crippen molar-refractivity contribution in [3.63, 3.8) is 0 Å². The van der Waals surface area contributed by atoms with E-state index in [9.17, 15) is 0 Å². The van der Waals surface area contributed by atoms with Crippen LogP contribution in [0.2, 0.25) is 0 Å². The van der Waals surface area contributed by atoms with Crippen molar-refractivity contribution in [1.82, 2.24) is 5.32 Å². The molecule has 1 saturated heterocycles. The highest BCUT2D eigenvalue weighted by Crippen LogP contribution is 2.19. The van der Waals surface area contributed by atoms with Crippen molar-refractivity contribution in [1.29, 1.82) is 0 Å². The Morgan fingerprint density at radius 2 is 1.89 bits per heavy atom. The maximum atomic E-state index is 3.72. The summed E-state index contributed by atoms with van der Waals surface area (Å²) in [6.45, 7) is 3.57. The molecule has 2 rings (SSSR count).